The van der Waals surface area contributed by atoms with Crippen LogP contribution < -0.4 is 11.1 Å². The summed E-state index contributed by atoms with van der Waals surface area (Å²) in [4.78, 5) is 22.3. The summed E-state index contributed by atoms with van der Waals surface area (Å²) in [7, 11) is 0. The highest BCUT2D eigenvalue weighted by Crippen LogP contribution is 2.30. The van der Waals surface area contributed by atoms with Crippen molar-refractivity contribution in [3.63, 3.8) is 0 Å². The summed E-state index contributed by atoms with van der Waals surface area (Å²) in [5.74, 6) is -2.68. The van der Waals surface area contributed by atoms with Crippen molar-refractivity contribution in [2.24, 2.45) is 0 Å². The molecule has 0 saturated carbocycles. The van der Waals surface area contributed by atoms with Gasteiger partial charge in [-0.2, -0.15) is 28.1 Å². The third-order valence-electron chi connectivity index (χ3n) is 3.10. The summed E-state index contributed by atoms with van der Waals surface area (Å²) in [5.41, 5.74) is 5.36. The molecule has 0 spiro atoms. The van der Waals surface area contributed by atoms with Gasteiger partial charge in [0.2, 0.25) is 11.9 Å². The summed E-state index contributed by atoms with van der Waals surface area (Å²) in [5, 5.41) is 2.03. The molecular formula is C12H13F4N5O. The van der Waals surface area contributed by atoms with E-state index in [1.165, 1.54) is 0 Å². The van der Waals surface area contributed by atoms with E-state index in [1.807, 2.05) is 5.32 Å². The number of hydrogen-bond donors (Lipinski definition) is 2. The predicted molar refractivity (Wildman–Crippen MR) is 70.3 cm³/mol. The highest BCUT2D eigenvalue weighted by Gasteiger charge is 2.36. The number of ketones is 1. The number of nitrogen functional groups attached to an aromatic ring is 1. The lowest BCUT2D eigenvalue weighted by Gasteiger charge is -2.18. The number of allylic oxidation sites excluding steroid dienone is 2. The molecule has 0 aromatic carbocycles. The van der Waals surface area contributed by atoms with Crippen molar-refractivity contribution >= 4 is 23.3 Å². The summed E-state index contributed by atoms with van der Waals surface area (Å²) >= 11 is 0. The number of aromatic nitrogens is 3. The Morgan fingerprint density at radius 2 is 1.91 bits per heavy atom. The lowest BCUT2D eigenvalue weighted by Crippen LogP contribution is -2.34. The van der Waals surface area contributed by atoms with E-state index in [2.05, 4.69) is 15.0 Å². The van der Waals surface area contributed by atoms with Crippen LogP contribution in [-0.4, -0.2) is 33.0 Å². The third kappa shape index (κ3) is 3.49. The number of hydrogen-bond acceptors (Lipinski definition) is 6. The number of carbonyl (C=O) groups is 1. The summed E-state index contributed by atoms with van der Waals surface area (Å²) in [6.07, 6.45) is -3.82. The van der Waals surface area contributed by atoms with Crippen LogP contribution in [0.1, 0.15) is 32.0 Å². The van der Waals surface area contributed by atoms with Crippen LogP contribution in [0.3, 0.4) is 0 Å². The van der Waals surface area contributed by atoms with E-state index in [1.54, 1.807) is 0 Å². The maximum atomic E-state index is 13.8. The largest absolute Gasteiger partial charge is 0.408 e. The Morgan fingerprint density at radius 1 is 1.23 bits per heavy atom. The van der Waals surface area contributed by atoms with Gasteiger partial charge in [0.15, 0.2) is 17.4 Å². The van der Waals surface area contributed by atoms with Crippen LogP contribution in [-0.2, 0) is 4.79 Å². The van der Waals surface area contributed by atoms with Gasteiger partial charge in [0, 0.05) is 12.0 Å². The molecule has 22 heavy (non-hydrogen) atoms. The Labute approximate surface area is 122 Å². The van der Waals surface area contributed by atoms with Crippen molar-refractivity contribution in [3.05, 3.63) is 11.7 Å². The number of rotatable bonds is 3. The fourth-order valence-electron chi connectivity index (χ4n) is 1.89. The fraction of sp³-hybridized carbons (Fsp3) is 0.500. The zero-order valence-electron chi connectivity index (χ0n) is 11.5. The molecule has 1 aromatic rings. The monoisotopic (exact) mass is 319 g/mol. The normalized spacial score (nSPS) is 17.6. The van der Waals surface area contributed by atoms with Crippen molar-refractivity contribution in [2.45, 2.75) is 38.4 Å². The molecule has 0 radical (unpaired) electrons. The zero-order chi connectivity index (χ0) is 16.5. The highest BCUT2D eigenvalue weighted by molar-refractivity contribution is 6.01. The van der Waals surface area contributed by atoms with E-state index < -0.39 is 29.8 Å². The fourth-order valence-corrected chi connectivity index (χ4v) is 1.89. The smallest absolute Gasteiger partial charge is 0.368 e. The number of Topliss-reactive ketones (excluding diaryl/α,β-unsaturated/α-hetero) is 1. The van der Waals surface area contributed by atoms with Gasteiger partial charge in [-0.3, -0.25) is 4.79 Å². The van der Waals surface area contributed by atoms with E-state index in [9.17, 15) is 22.4 Å². The second-order valence-corrected chi connectivity index (χ2v) is 4.82. The minimum atomic E-state index is -4.51. The molecule has 3 N–H and O–H groups in total. The van der Waals surface area contributed by atoms with Crippen molar-refractivity contribution < 1.29 is 22.4 Å². The maximum absolute atomic E-state index is 13.8. The molecule has 6 nitrogen and oxygen atoms in total. The molecule has 1 atom stereocenters. The van der Waals surface area contributed by atoms with Gasteiger partial charge in [-0.25, -0.2) is 4.39 Å². The molecule has 1 aromatic heterocycles. The van der Waals surface area contributed by atoms with Gasteiger partial charge in [-0.15, -0.1) is 0 Å². The van der Waals surface area contributed by atoms with Crippen LogP contribution in [0.5, 0.6) is 0 Å². The molecule has 1 unspecified atom stereocenters. The molecule has 0 fully saturated rings. The molecular weight excluding hydrogens is 306 g/mol. The Morgan fingerprint density at radius 3 is 2.55 bits per heavy atom. The molecule has 1 heterocycles. The van der Waals surface area contributed by atoms with Gasteiger partial charge < -0.3 is 11.1 Å². The van der Waals surface area contributed by atoms with Crippen LogP contribution in [0.15, 0.2) is 5.83 Å². The van der Waals surface area contributed by atoms with Gasteiger partial charge in [0.1, 0.15) is 6.04 Å². The Hall–Kier alpha value is -2.26. The molecule has 0 bridgehead atoms. The number of halogens is 4. The molecule has 2 rings (SSSR count). The molecule has 0 saturated heterocycles. The van der Waals surface area contributed by atoms with Gasteiger partial charge >= 0.3 is 6.18 Å². The second-order valence-electron chi connectivity index (χ2n) is 4.82. The summed E-state index contributed by atoms with van der Waals surface area (Å²) in [6, 6.07) is -1.92. The highest BCUT2D eigenvalue weighted by atomic mass is 19.4. The number of carbonyl (C=O) groups excluding carboxylic acids is 1. The quantitative estimate of drug-likeness (QED) is 0.830. The third-order valence-corrected chi connectivity index (χ3v) is 3.10. The Bertz CT molecular complexity index is 628. The Balaban J connectivity index is 2.35. The molecule has 1 aliphatic carbocycles. The average Bonchev–Trinajstić information content (AvgIpc) is 2.40. The number of nitrogens with one attached hydrogen (secondary N) is 1. The predicted octanol–water partition coefficient (Wildman–Crippen LogP) is 2.25. The summed E-state index contributed by atoms with van der Waals surface area (Å²) < 4.78 is 51.4. The minimum absolute atomic E-state index is 0.0620. The zero-order valence-corrected chi connectivity index (χ0v) is 11.5. The molecule has 120 valence electrons. The average molecular weight is 319 g/mol. The first kappa shape index (κ1) is 16.1. The lowest BCUT2D eigenvalue weighted by atomic mass is 9.97. The lowest BCUT2D eigenvalue weighted by molar-refractivity contribution is -0.138. The molecule has 0 amide bonds. The van der Waals surface area contributed by atoms with Crippen LogP contribution in [0.25, 0.3) is 5.57 Å². The molecule has 1 aliphatic rings. The van der Waals surface area contributed by atoms with Gasteiger partial charge in [0.05, 0.1) is 0 Å². The van der Waals surface area contributed by atoms with Crippen LogP contribution in [0, 0.1) is 0 Å². The van der Waals surface area contributed by atoms with Crippen molar-refractivity contribution in [2.75, 3.05) is 11.1 Å². The van der Waals surface area contributed by atoms with Crippen molar-refractivity contribution in [3.8, 4) is 0 Å². The van der Waals surface area contributed by atoms with Gasteiger partial charge in [0.25, 0.3) is 0 Å². The Kier molecular flexibility index (Phi) is 4.29. The SMILES string of the molecule is CC(Nc1nc(N)nc(C2=C(F)C(=O)CCC2)n1)C(F)(F)F. The molecule has 10 heteroatoms. The van der Waals surface area contributed by atoms with Crippen molar-refractivity contribution in [1.29, 1.82) is 0 Å². The van der Waals surface area contributed by atoms with Crippen molar-refractivity contribution in [1.82, 2.24) is 15.0 Å². The van der Waals surface area contributed by atoms with E-state index >= 15 is 0 Å². The maximum Gasteiger partial charge on any atom is 0.408 e. The topological polar surface area (TPSA) is 93.8 Å². The van der Waals surface area contributed by atoms with E-state index in [-0.39, 0.29) is 30.2 Å². The summed E-state index contributed by atoms with van der Waals surface area (Å²) in [6.45, 7) is 0.879. The van der Waals surface area contributed by atoms with E-state index in [0.29, 0.717) is 6.42 Å². The van der Waals surface area contributed by atoms with Gasteiger partial charge in [-0.1, -0.05) is 0 Å². The van der Waals surface area contributed by atoms with Gasteiger partial charge in [-0.05, 0) is 19.8 Å². The first-order valence-corrected chi connectivity index (χ1v) is 6.45. The second kappa shape index (κ2) is 5.85. The molecule has 0 aliphatic heterocycles. The van der Waals surface area contributed by atoms with E-state index in [4.69, 9.17) is 5.73 Å². The first-order valence-electron chi connectivity index (χ1n) is 6.45. The standard InChI is InChI=1S/C12H13F4N5O/c1-5(12(14,15)16)18-11-20-9(19-10(17)21-11)6-3-2-4-7(22)8(6)13/h5H,2-4H2,1H3,(H3,17,18,19,20,21). The first-order chi connectivity index (χ1) is 10.2. The number of nitrogens with two attached hydrogens (primary N) is 1. The van der Waals surface area contributed by atoms with E-state index in [0.717, 1.165) is 6.92 Å². The minimum Gasteiger partial charge on any atom is -0.368 e. The van der Waals surface area contributed by atoms with Crippen LogP contribution in [0.2, 0.25) is 0 Å². The van der Waals surface area contributed by atoms with Crippen LogP contribution >= 0.6 is 0 Å². The number of alkyl halides is 3. The van der Waals surface area contributed by atoms with Crippen LogP contribution in [0.4, 0.5) is 29.5 Å². The number of nitrogens with zero attached hydrogens (tertiary/aromatic N) is 3. The number of anilines is 2.